The highest BCUT2D eigenvalue weighted by Gasteiger charge is 2.34. The van der Waals surface area contributed by atoms with E-state index >= 15 is 0 Å². The van der Waals surface area contributed by atoms with Gasteiger partial charge in [-0.15, -0.1) is 0 Å². The number of nitrogens with zero attached hydrogens (tertiary/aromatic N) is 2. The van der Waals surface area contributed by atoms with Crippen LogP contribution in [0.5, 0.6) is 17.2 Å². The predicted molar refractivity (Wildman–Crippen MR) is 208 cm³/mol. The number of carbonyl (C=O) groups is 1. The van der Waals surface area contributed by atoms with Gasteiger partial charge in [-0.05, 0) is 95.8 Å². The molecule has 0 spiro atoms. The maximum atomic E-state index is 14.1. The quantitative estimate of drug-likeness (QED) is 0.0648. The third kappa shape index (κ3) is 17.3. The van der Waals surface area contributed by atoms with Crippen LogP contribution in [0.2, 0.25) is 39.3 Å². The van der Waals surface area contributed by atoms with Crippen molar-refractivity contribution in [3.63, 3.8) is 0 Å². The molecule has 4 N–H and O–H groups in total. The smallest absolute Gasteiger partial charge is 0.204 e. The molecule has 0 aliphatic carbocycles. The standard InChI is InChI=1S/C33H61N3O7P2Si2.CH2O/c1-11-41-33-29(17-15-20-32(33)38)22-35(25-44(3,39)42-46(5,6)7)24-30(18-12-13-21-34)36(26-45(4,40)43-47(8,9)10)23-28-16-14-19-31(37)27(28)2;1-2/h14-17,19-20,30,37-38H,11-13,18,21-26,34H2,1-10H3;1H2. The Morgan fingerprint density at radius 2 is 1.37 bits per heavy atom. The second-order valence-electron chi connectivity index (χ2n) is 14.7. The number of hydrogen-bond donors (Lipinski definition) is 3. The summed E-state index contributed by atoms with van der Waals surface area (Å²) < 4.78 is 46.6. The molecule has 3 atom stereocenters. The van der Waals surface area contributed by atoms with Crippen molar-refractivity contribution in [2.24, 2.45) is 5.73 Å². The summed E-state index contributed by atoms with van der Waals surface area (Å²) in [6.45, 7) is 23.6. The number of unbranched alkanes of at least 4 members (excludes halogenated alkanes) is 1. The number of aromatic hydroxyl groups is 2. The number of para-hydroxylation sites is 1. The van der Waals surface area contributed by atoms with Crippen molar-refractivity contribution < 1.29 is 37.3 Å². The molecule has 0 saturated carbocycles. The Morgan fingerprint density at radius 3 is 1.90 bits per heavy atom. The molecule has 0 saturated heterocycles. The van der Waals surface area contributed by atoms with Gasteiger partial charge in [0.15, 0.2) is 28.1 Å². The normalized spacial score (nSPS) is 15.3. The Labute approximate surface area is 297 Å². The zero-order chi connectivity index (χ0) is 37.6. The van der Waals surface area contributed by atoms with Crippen molar-refractivity contribution >= 4 is 38.2 Å². The number of phenols is 2. The number of rotatable bonds is 21. The Bertz CT molecular complexity index is 1400. The van der Waals surface area contributed by atoms with Crippen molar-refractivity contribution in [3.8, 4) is 17.2 Å². The fraction of sp³-hybridized carbons (Fsp3) is 0.618. The number of ether oxygens (including phenoxy) is 1. The first-order valence-electron chi connectivity index (χ1n) is 16.9. The maximum absolute atomic E-state index is 14.1. The summed E-state index contributed by atoms with van der Waals surface area (Å²) in [6.07, 6.45) is 2.84. The van der Waals surface area contributed by atoms with Gasteiger partial charge in [-0.1, -0.05) is 30.7 Å². The van der Waals surface area contributed by atoms with Gasteiger partial charge in [-0.3, -0.25) is 18.9 Å². The molecule has 0 amide bonds. The minimum atomic E-state index is -3.08. The van der Waals surface area contributed by atoms with E-state index in [0.29, 0.717) is 38.5 Å². The highest BCUT2D eigenvalue weighted by molar-refractivity contribution is 7.59. The van der Waals surface area contributed by atoms with Crippen LogP contribution in [-0.4, -0.2) is 95.1 Å². The van der Waals surface area contributed by atoms with Gasteiger partial charge in [0.1, 0.15) is 12.5 Å². The van der Waals surface area contributed by atoms with Crippen LogP contribution in [-0.2, 0) is 35.4 Å². The third-order valence-corrected chi connectivity index (χ3v) is 16.6. The molecule has 0 aliphatic rings. The lowest BCUT2D eigenvalue weighted by atomic mass is 10.0. The number of nitrogens with two attached hydrogens (primary N) is 1. The van der Waals surface area contributed by atoms with Crippen molar-refractivity contribution in [2.75, 3.05) is 45.6 Å². The molecule has 0 aliphatic heterocycles. The van der Waals surface area contributed by atoms with Crippen LogP contribution in [0.1, 0.15) is 42.9 Å². The third-order valence-electron chi connectivity index (χ3n) is 7.36. The van der Waals surface area contributed by atoms with E-state index in [1.54, 1.807) is 31.5 Å². The lowest BCUT2D eigenvalue weighted by Gasteiger charge is -2.39. The molecule has 49 heavy (non-hydrogen) atoms. The molecular formula is C34H63N3O8P2Si2. The topological polar surface area (TPSA) is 152 Å². The molecule has 3 unspecified atom stereocenters. The molecule has 0 fully saturated rings. The lowest BCUT2D eigenvalue weighted by molar-refractivity contribution is -0.0980. The zero-order valence-corrected chi connectivity index (χ0v) is 35.3. The van der Waals surface area contributed by atoms with Gasteiger partial charge in [-0.2, -0.15) is 0 Å². The predicted octanol–water partition coefficient (Wildman–Crippen LogP) is 7.86. The summed E-state index contributed by atoms with van der Waals surface area (Å²) >= 11 is 0. The Morgan fingerprint density at radius 1 is 0.837 bits per heavy atom. The highest BCUT2D eigenvalue weighted by atomic mass is 31.2. The molecule has 11 nitrogen and oxygen atoms in total. The molecule has 2 rings (SSSR count). The van der Waals surface area contributed by atoms with Crippen LogP contribution in [0.4, 0.5) is 0 Å². The van der Waals surface area contributed by atoms with Crippen LogP contribution < -0.4 is 10.5 Å². The molecule has 0 aromatic heterocycles. The van der Waals surface area contributed by atoms with Crippen LogP contribution in [0, 0.1) is 6.92 Å². The Hall–Kier alpha value is -1.80. The zero-order valence-electron chi connectivity index (χ0n) is 31.5. The Kier molecular flexibility index (Phi) is 18.7. The van der Waals surface area contributed by atoms with Gasteiger partial charge < -0.3 is 33.9 Å². The largest absolute Gasteiger partial charge is 0.508 e. The summed E-state index contributed by atoms with van der Waals surface area (Å²) in [5.41, 5.74) is 8.41. The number of phenolic OH excluding ortho intramolecular Hbond substituents is 2. The molecule has 0 radical (unpaired) electrons. The minimum Gasteiger partial charge on any atom is -0.508 e. The second kappa shape index (κ2) is 20.3. The molecule has 0 bridgehead atoms. The van der Waals surface area contributed by atoms with Crippen LogP contribution >= 0.6 is 14.7 Å². The van der Waals surface area contributed by atoms with Gasteiger partial charge in [0.05, 0.1) is 19.2 Å². The molecule has 2 aromatic rings. The van der Waals surface area contributed by atoms with Gasteiger partial charge in [0.2, 0.25) is 14.7 Å². The first-order chi connectivity index (χ1) is 22.6. The number of carbonyl (C=O) groups excluding carboxylic acids is 1. The summed E-state index contributed by atoms with van der Waals surface area (Å²) in [7, 11) is -10.4. The van der Waals surface area contributed by atoms with Crippen molar-refractivity contribution in [3.05, 3.63) is 53.1 Å². The molecule has 280 valence electrons. The monoisotopic (exact) mass is 759 g/mol. The fourth-order valence-electron chi connectivity index (χ4n) is 5.90. The van der Waals surface area contributed by atoms with E-state index in [1.165, 1.54) is 0 Å². The van der Waals surface area contributed by atoms with Gasteiger partial charge in [-0.25, -0.2) is 0 Å². The van der Waals surface area contributed by atoms with E-state index in [2.05, 4.69) is 9.80 Å². The van der Waals surface area contributed by atoms with E-state index < -0.39 is 31.4 Å². The van der Waals surface area contributed by atoms with E-state index in [1.807, 2.05) is 78.1 Å². The fourth-order valence-corrected chi connectivity index (χ4v) is 17.6. The minimum absolute atomic E-state index is 0.0539. The van der Waals surface area contributed by atoms with Crippen molar-refractivity contribution in [1.29, 1.82) is 0 Å². The van der Waals surface area contributed by atoms with E-state index in [-0.39, 0.29) is 30.1 Å². The SMILES string of the molecule is C=O.CCOc1c(O)cccc1CN(CC(CCCCN)N(Cc1cccc(O)c1C)CP(C)(=O)O[Si](C)(C)C)CP(C)(=O)O[Si](C)(C)C. The summed E-state index contributed by atoms with van der Waals surface area (Å²) in [4.78, 5) is 12.3. The van der Waals surface area contributed by atoms with Crippen molar-refractivity contribution in [1.82, 2.24) is 9.80 Å². The van der Waals surface area contributed by atoms with E-state index in [0.717, 1.165) is 36.0 Å². The second-order valence-corrected chi connectivity index (χ2v) is 29.2. The van der Waals surface area contributed by atoms with Crippen molar-refractivity contribution in [2.45, 2.75) is 91.5 Å². The molecule has 15 heteroatoms. The van der Waals surface area contributed by atoms with Crippen LogP contribution in [0.3, 0.4) is 0 Å². The van der Waals surface area contributed by atoms with Gasteiger partial charge in [0.25, 0.3) is 0 Å². The summed E-state index contributed by atoms with van der Waals surface area (Å²) in [6, 6.07) is 10.6. The summed E-state index contributed by atoms with van der Waals surface area (Å²) in [5.74, 6) is 0.674. The molecule has 0 heterocycles. The highest BCUT2D eigenvalue weighted by Crippen LogP contribution is 2.49. The first kappa shape index (κ1) is 45.2. The van der Waals surface area contributed by atoms with E-state index in [9.17, 15) is 19.3 Å². The Balaban J connectivity index is 0.00000589. The van der Waals surface area contributed by atoms with Crippen LogP contribution in [0.15, 0.2) is 36.4 Å². The average molecular weight is 760 g/mol. The lowest BCUT2D eigenvalue weighted by Crippen LogP contribution is -2.45. The molecule has 2 aromatic carbocycles. The van der Waals surface area contributed by atoms with Crippen LogP contribution in [0.25, 0.3) is 0 Å². The summed E-state index contributed by atoms with van der Waals surface area (Å²) in [5, 5.41) is 21.2. The van der Waals surface area contributed by atoms with Gasteiger partial charge >= 0.3 is 0 Å². The van der Waals surface area contributed by atoms with Gasteiger partial charge in [0, 0.05) is 44.6 Å². The number of hydrogen-bond acceptors (Lipinski definition) is 11. The number of benzene rings is 2. The average Bonchev–Trinajstić information content (AvgIpc) is 2.94. The van der Waals surface area contributed by atoms with E-state index in [4.69, 9.17) is 23.7 Å². The molecular weight excluding hydrogens is 697 g/mol. The first-order valence-corrected chi connectivity index (χ1v) is 28.2. The maximum Gasteiger partial charge on any atom is 0.204 e.